The predicted octanol–water partition coefficient (Wildman–Crippen LogP) is 4.04. The lowest BCUT2D eigenvalue weighted by molar-refractivity contribution is 0.0954. The van der Waals surface area contributed by atoms with Crippen molar-refractivity contribution in [2.24, 2.45) is 0 Å². The second-order valence-electron chi connectivity index (χ2n) is 5.82. The smallest absolute Gasteiger partial charge is 0.251 e. The number of amides is 1. The summed E-state index contributed by atoms with van der Waals surface area (Å²) in [5.41, 5.74) is 4.08. The van der Waals surface area contributed by atoms with Crippen molar-refractivity contribution >= 4 is 22.9 Å². The second-order valence-corrected chi connectivity index (χ2v) is 6.82. The normalized spacial score (nSPS) is 10.4. The molecule has 25 heavy (non-hydrogen) atoms. The highest BCUT2D eigenvalue weighted by Crippen LogP contribution is 2.18. The Kier molecular flexibility index (Phi) is 5.80. The molecule has 1 amide bonds. The number of benzene rings is 1. The van der Waals surface area contributed by atoms with Gasteiger partial charge in [-0.05, 0) is 66.2 Å². The van der Waals surface area contributed by atoms with Crippen molar-refractivity contribution in [3.63, 3.8) is 0 Å². The van der Waals surface area contributed by atoms with Gasteiger partial charge in [0.1, 0.15) is 0 Å². The molecular formula is C20H21N3OS. The fraction of sp³-hybridized carbons (Fsp3) is 0.200. The number of thiophene rings is 1. The molecule has 0 aliphatic rings. The monoisotopic (exact) mass is 351 g/mol. The van der Waals surface area contributed by atoms with Crippen LogP contribution in [0.15, 0.2) is 60.2 Å². The van der Waals surface area contributed by atoms with Gasteiger partial charge in [0.15, 0.2) is 0 Å². The molecule has 2 heterocycles. The van der Waals surface area contributed by atoms with Gasteiger partial charge in [-0.15, -0.1) is 11.3 Å². The van der Waals surface area contributed by atoms with E-state index in [4.69, 9.17) is 0 Å². The number of aromatic nitrogens is 1. The Balaban J connectivity index is 1.53. The Morgan fingerprint density at radius 2 is 2.00 bits per heavy atom. The summed E-state index contributed by atoms with van der Waals surface area (Å²) in [5, 5.41) is 8.45. The topological polar surface area (TPSA) is 54.0 Å². The molecule has 128 valence electrons. The van der Waals surface area contributed by atoms with Crippen molar-refractivity contribution in [3.8, 4) is 0 Å². The van der Waals surface area contributed by atoms with Crippen LogP contribution in [-0.2, 0) is 13.0 Å². The molecule has 4 nitrogen and oxygen atoms in total. The highest BCUT2D eigenvalue weighted by atomic mass is 32.1. The van der Waals surface area contributed by atoms with E-state index in [-0.39, 0.29) is 5.91 Å². The quantitative estimate of drug-likeness (QED) is 0.675. The zero-order chi connectivity index (χ0) is 17.5. The highest BCUT2D eigenvalue weighted by Gasteiger charge is 2.06. The molecule has 0 unspecified atom stereocenters. The minimum absolute atomic E-state index is 0.0509. The first-order chi connectivity index (χ1) is 12.2. The van der Waals surface area contributed by atoms with E-state index in [1.165, 1.54) is 10.4 Å². The van der Waals surface area contributed by atoms with Crippen LogP contribution in [0.3, 0.4) is 0 Å². The summed E-state index contributed by atoms with van der Waals surface area (Å²) < 4.78 is 0. The first-order valence-corrected chi connectivity index (χ1v) is 9.14. The van der Waals surface area contributed by atoms with Crippen LogP contribution >= 0.6 is 11.3 Å². The second kappa shape index (κ2) is 8.44. The summed E-state index contributed by atoms with van der Waals surface area (Å²) in [6, 6.07) is 13.7. The van der Waals surface area contributed by atoms with E-state index in [0.29, 0.717) is 12.1 Å². The van der Waals surface area contributed by atoms with Gasteiger partial charge < -0.3 is 10.6 Å². The Labute approximate surface area is 151 Å². The van der Waals surface area contributed by atoms with Crippen LogP contribution in [0, 0.1) is 6.92 Å². The average molecular weight is 351 g/mol. The maximum Gasteiger partial charge on any atom is 0.251 e. The first-order valence-electron chi connectivity index (χ1n) is 8.26. The van der Waals surface area contributed by atoms with E-state index in [0.717, 1.165) is 24.2 Å². The predicted molar refractivity (Wildman–Crippen MR) is 103 cm³/mol. The van der Waals surface area contributed by atoms with Crippen molar-refractivity contribution in [2.75, 3.05) is 11.9 Å². The number of rotatable bonds is 7. The van der Waals surface area contributed by atoms with Gasteiger partial charge >= 0.3 is 0 Å². The van der Waals surface area contributed by atoms with Crippen molar-refractivity contribution in [2.45, 2.75) is 19.9 Å². The Hall–Kier alpha value is -2.66. The number of hydrogen-bond donors (Lipinski definition) is 2. The molecule has 0 saturated carbocycles. The number of aryl methyl sites for hydroxylation is 1. The van der Waals surface area contributed by atoms with E-state index in [1.54, 1.807) is 23.7 Å². The van der Waals surface area contributed by atoms with Crippen LogP contribution in [0.4, 0.5) is 5.69 Å². The number of anilines is 1. The summed E-state index contributed by atoms with van der Waals surface area (Å²) >= 11 is 1.74. The van der Waals surface area contributed by atoms with Gasteiger partial charge in [-0.1, -0.05) is 6.07 Å². The summed E-state index contributed by atoms with van der Waals surface area (Å²) in [6.45, 7) is 3.49. The van der Waals surface area contributed by atoms with E-state index in [2.05, 4.69) is 34.0 Å². The summed E-state index contributed by atoms with van der Waals surface area (Å²) in [4.78, 5) is 17.6. The highest BCUT2D eigenvalue weighted by molar-refractivity contribution is 7.10. The van der Waals surface area contributed by atoms with E-state index in [9.17, 15) is 4.79 Å². The average Bonchev–Trinajstić information content (AvgIpc) is 3.06. The van der Waals surface area contributed by atoms with Crippen LogP contribution in [0.1, 0.15) is 26.4 Å². The van der Waals surface area contributed by atoms with Crippen molar-refractivity contribution in [1.29, 1.82) is 0 Å². The zero-order valence-electron chi connectivity index (χ0n) is 14.2. The lowest BCUT2D eigenvalue weighted by atomic mass is 10.1. The maximum absolute atomic E-state index is 12.3. The number of carbonyl (C=O) groups excluding carboxylic acids is 1. The Bertz CT molecular complexity index is 830. The molecule has 0 atom stereocenters. The Morgan fingerprint density at radius 1 is 1.16 bits per heavy atom. The summed E-state index contributed by atoms with van der Waals surface area (Å²) in [6.07, 6.45) is 4.33. The van der Waals surface area contributed by atoms with Crippen molar-refractivity contribution in [1.82, 2.24) is 10.3 Å². The maximum atomic E-state index is 12.3. The van der Waals surface area contributed by atoms with Crippen LogP contribution < -0.4 is 10.6 Å². The fourth-order valence-electron chi connectivity index (χ4n) is 2.51. The zero-order valence-corrected chi connectivity index (χ0v) is 15.0. The van der Waals surface area contributed by atoms with Crippen molar-refractivity contribution < 1.29 is 4.79 Å². The largest absolute Gasteiger partial charge is 0.380 e. The molecular weight excluding hydrogens is 330 g/mol. The van der Waals surface area contributed by atoms with Crippen LogP contribution in [-0.4, -0.2) is 17.4 Å². The third-order valence-electron chi connectivity index (χ3n) is 3.99. The van der Waals surface area contributed by atoms with Gasteiger partial charge in [-0.3, -0.25) is 9.78 Å². The molecule has 0 spiro atoms. The number of carbonyl (C=O) groups is 1. The summed E-state index contributed by atoms with van der Waals surface area (Å²) in [7, 11) is 0. The molecule has 3 rings (SSSR count). The van der Waals surface area contributed by atoms with Crippen LogP contribution in [0.5, 0.6) is 0 Å². The first kappa shape index (κ1) is 17.2. The van der Waals surface area contributed by atoms with Gasteiger partial charge in [-0.2, -0.15) is 0 Å². The van der Waals surface area contributed by atoms with Gasteiger partial charge in [0.25, 0.3) is 5.91 Å². The SMILES string of the molecule is Cc1ccsc1CNc1cccc(C(=O)NCCc2ccncc2)c1. The molecule has 0 bridgehead atoms. The van der Waals surface area contributed by atoms with E-state index >= 15 is 0 Å². The van der Waals surface area contributed by atoms with Gasteiger partial charge in [0.05, 0.1) is 0 Å². The molecule has 1 aromatic carbocycles. The van der Waals surface area contributed by atoms with E-state index in [1.807, 2.05) is 36.4 Å². The van der Waals surface area contributed by atoms with Crippen molar-refractivity contribution in [3.05, 3.63) is 81.8 Å². The van der Waals surface area contributed by atoms with Gasteiger partial charge in [0.2, 0.25) is 0 Å². The molecule has 5 heteroatoms. The molecule has 2 N–H and O–H groups in total. The number of nitrogens with one attached hydrogen (secondary N) is 2. The molecule has 0 saturated heterocycles. The van der Waals surface area contributed by atoms with E-state index < -0.39 is 0 Å². The minimum Gasteiger partial charge on any atom is -0.380 e. The number of pyridine rings is 1. The Morgan fingerprint density at radius 3 is 2.76 bits per heavy atom. The number of hydrogen-bond acceptors (Lipinski definition) is 4. The molecule has 0 radical (unpaired) electrons. The molecule has 0 aliphatic heterocycles. The fourth-order valence-corrected chi connectivity index (χ4v) is 3.36. The lowest BCUT2D eigenvalue weighted by Crippen LogP contribution is -2.25. The van der Waals surface area contributed by atoms with Gasteiger partial charge in [-0.25, -0.2) is 0 Å². The van der Waals surface area contributed by atoms with Crippen LogP contribution in [0.25, 0.3) is 0 Å². The molecule has 0 fully saturated rings. The molecule has 3 aromatic rings. The lowest BCUT2D eigenvalue weighted by Gasteiger charge is -2.09. The molecule has 0 aliphatic carbocycles. The summed E-state index contributed by atoms with van der Waals surface area (Å²) in [5.74, 6) is -0.0509. The van der Waals surface area contributed by atoms with Gasteiger partial charge in [0, 0.05) is 41.6 Å². The third-order valence-corrected chi connectivity index (χ3v) is 5.02. The molecule has 2 aromatic heterocycles. The minimum atomic E-state index is -0.0509. The van der Waals surface area contributed by atoms with Crippen LogP contribution in [0.2, 0.25) is 0 Å². The number of nitrogens with zero attached hydrogens (tertiary/aromatic N) is 1. The third kappa shape index (κ3) is 4.90. The standard InChI is InChI=1S/C20H21N3OS/c1-15-8-12-25-19(15)14-23-18-4-2-3-17(13-18)20(24)22-11-7-16-5-9-21-10-6-16/h2-6,8-10,12-13,23H,7,11,14H2,1H3,(H,22,24).